The highest BCUT2D eigenvalue weighted by Crippen LogP contribution is 2.17. The standard InChI is InChI=1S/C77H134O6/c1-4-7-10-13-16-19-22-25-28-30-32-34-36-37-38-39-41-42-44-46-49-52-55-58-61-64-67-70-76(79)82-73-74(72-81-75(78)69-66-63-60-57-54-51-48-27-24-21-18-15-12-9-6-3)83-77(80)71-68-65-62-59-56-53-50-47-45-43-40-35-33-31-29-26-23-20-17-14-11-8-5-2/h7,10,16,19,25,27-28,31-34,37-38,41-42,48,74H,4-6,8-9,11-15,17-18,20-24,26,29-30,35-36,39-40,43-47,49-73H2,1-3H3/b10-7-,19-16-,28-25-,33-31-,34-32-,38-37-,42-41-,48-27-. The maximum Gasteiger partial charge on any atom is 0.306 e. The third-order valence-electron chi connectivity index (χ3n) is 15.5. The average molecular weight is 1160 g/mol. The number of hydrogen-bond donors (Lipinski definition) is 0. The Hall–Kier alpha value is -3.67. The molecule has 6 nitrogen and oxygen atoms in total. The summed E-state index contributed by atoms with van der Waals surface area (Å²) in [5.74, 6) is -0.883. The molecule has 1 unspecified atom stereocenters. The predicted octanol–water partition coefficient (Wildman–Crippen LogP) is 24.8. The SMILES string of the molecule is CC/C=C\C/C=C\C/C=C\C/C=C\C/C=C\C/C=C\CCCCCCCCCCC(=O)OCC(COC(=O)CCCCCCC/C=C\CCCCCCCC)OC(=O)CCCCCCCCCCCCC/C=C\CCCCCCCCCC. The van der Waals surface area contributed by atoms with Gasteiger partial charge in [0.25, 0.3) is 0 Å². The summed E-state index contributed by atoms with van der Waals surface area (Å²) < 4.78 is 17.0. The smallest absolute Gasteiger partial charge is 0.306 e. The van der Waals surface area contributed by atoms with E-state index in [9.17, 15) is 14.4 Å². The van der Waals surface area contributed by atoms with Crippen LogP contribution in [0.3, 0.4) is 0 Å². The molecule has 0 saturated heterocycles. The maximum absolute atomic E-state index is 13.0. The molecule has 0 amide bonds. The number of carbonyl (C=O) groups excluding carboxylic acids is 3. The van der Waals surface area contributed by atoms with Crippen LogP contribution in [0, 0.1) is 0 Å². The molecule has 83 heavy (non-hydrogen) atoms. The second-order valence-electron chi connectivity index (χ2n) is 23.8. The molecule has 0 bridgehead atoms. The molecule has 0 aromatic carbocycles. The first kappa shape index (κ1) is 79.3. The van der Waals surface area contributed by atoms with Gasteiger partial charge in [-0.3, -0.25) is 14.4 Å². The van der Waals surface area contributed by atoms with Crippen LogP contribution in [-0.4, -0.2) is 37.2 Å². The van der Waals surface area contributed by atoms with Crippen molar-refractivity contribution in [3.8, 4) is 0 Å². The Kier molecular flexibility index (Phi) is 67.7. The molecule has 0 radical (unpaired) electrons. The van der Waals surface area contributed by atoms with Crippen molar-refractivity contribution in [1.29, 1.82) is 0 Å². The van der Waals surface area contributed by atoms with Gasteiger partial charge < -0.3 is 14.2 Å². The van der Waals surface area contributed by atoms with Crippen molar-refractivity contribution in [2.75, 3.05) is 13.2 Å². The minimum Gasteiger partial charge on any atom is -0.462 e. The number of unbranched alkanes of at least 4 members (excludes halogenated alkanes) is 38. The monoisotopic (exact) mass is 1160 g/mol. The number of allylic oxidation sites excluding steroid dienone is 16. The molecular weight excluding hydrogens is 1020 g/mol. The zero-order valence-electron chi connectivity index (χ0n) is 54.9. The Morgan fingerprint density at radius 2 is 0.470 bits per heavy atom. The number of esters is 3. The minimum absolute atomic E-state index is 0.0826. The summed E-state index contributed by atoms with van der Waals surface area (Å²) >= 11 is 0. The van der Waals surface area contributed by atoms with Crippen molar-refractivity contribution in [2.45, 2.75) is 361 Å². The zero-order chi connectivity index (χ0) is 59.9. The third-order valence-corrected chi connectivity index (χ3v) is 15.5. The lowest BCUT2D eigenvalue weighted by molar-refractivity contribution is -0.167. The lowest BCUT2D eigenvalue weighted by Gasteiger charge is -2.18. The summed E-state index contributed by atoms with van der Waals surface area (Å²) in [4.78, 5) is 38.5. The summed E-state index contributed by atoms with van der Waals surface area (Å²) in [7, 11) is 0. The highest BCUT2D eigenvalue weighted by Gasteiger charge is 2.19. The predicted molar refractivity (Wildman–Crippen MR) is 362 cm³/mol. The topological polar surface area (TPSA) is 78.9 Å². The summed E-state index contributed by atoms with van der Waals surface area (Å²) in [6, 6.07) is 0. The van der Waals surface area contributed by atoms with E-state index in [0.717, 1.165) is 109 Å². The van der Waals surface area contributed by atoms with Crippen LogP contribution < -0.4 is 0 Å². The summed E-state index contributed by atoms with van der Waals surface area (Å²) in [6.45, 7) is 6.55. The first-order chi connectivity index (χ1) is 41.0. The number of hydrogen-bond acceptors (Lipinski definition) is 6. The lowest BCUT2D eigenvalue weighted by atomic mass is 10.0. The van der Waals surface area contributed by atoms with Gasteiger partial charge in [0.1, 0.15) is 13.2 Å². The fourth-order valence-electron chi connectivity index (χ4n) is 10.2. The van der Waals surface area contributed by atoms with Gasteiger partial charge in [-0.05, 0) is 122 Å². The molecule has 0 aromatic rings. The molecule has 6 heteroatoms. The van der Waals surface area contributed by atoms with Gasteiger partial charge in [-0.2, -0.15) is 0 Å². The number of carbonyl (C=O) groups is 3. The van der Waals surface area contributed by atoms with E-state index in [2.05, 4.69) is 118 Å². The van der Waals surface area contributed by atoms with Crippen LogP contribution >= 0.6 is 0 Å². The van der Waals surface area contributed by atoms with Crippen molar-refractivity contribution in [1.82, 2.24) is 0 Å². The molecule has 0 aliphatic carbocycles. The second kappa shape index (κ2) is 70.8. The van der Waals surface area contributed by atoms with E-state index in [1.54, 1.807) is 0 Å². The minimum atomic E-state index is -0.787. The molecule has 0 N–H and O–H groups in total. The summed E-state index contributed by atoms with van der Waals surface area (Å²) in [6.07, 6.45) is 95.7. The molecule has 0 heterocycles. The van der Waals surface area contributed by atoms with E-state index in [4.69, 9.17) is 14.2 Å². The van der Waals surface area contributed by atoms with E-state index < -0.39 is 6.10 Å². The van der Waals surface area contributed by atoms with Gasteiger partial charge in [0.05, 0.1) is 0 Å². The highest BCUT2D eigenvalue weighted by molar-refractivity contribution is 5.71. The molecule has 0 saturated carbocycles. The van der Waals surface area contributed by atoms with Gasteiger partial charge in [0, 0.05) is 19.3 Å². The Balaban J connectivity index is 4.35. The van der Waals surface area contributed by atoms with Gasteiger partial charge in [-0.25, -0.2) is 0 Å². The normalized spacial score (nSPS) is 12.7. The van der Waals surface area contributed by atoms with Crippen molar-refractivity contribution in [3.63, 3.8) is 0 Å². The Morgan fingerprint density at radius 3 is 0.747 bits per heavy atom. The van der Waals surface area contributed by atoms with Crippen LogP contribution in [0.25, 0.3) is 0 Å². The van der Waals surface area contributed by atoms with Crippen molar-refractivity contribution in [3.05, 3.63) is 97.2 Å². The van der Waals surface area contributed by atoms with Crippen molar-refractivity contribution < 1.29 is 28.6 Å². The molecule has 0 rings (SSSR count). The molecule has 0 aliphatic heterocycles. The van der Waals surface area contributed by atoms with E-state index >= 15 is 0 Å². The van der Waals surface area contributed by atoms with Crippen LogP contribution in [0.15, 0.2) is 97.2 Å². The van der Waals surface area contributed by atoms with Gasteiger partial charge in [-0.15, -0.1) is 0 Å². The third kappa shape index (κ3) is 69.0. The fourth-order valence-corrected chi connectivity index (χ4v) is 10.2. The Bertz CT molecular complexity index is 1610. The first-order valence-electron chi connectivity index (χ1n) is 35.7. The highest BCUT2D eigenvalue weighted by atomic mass is 16.6. The van der Waals surface area contributed by atoms with E-state index in [1.165, 1.54) is 205 Å². The Morgan fingerprint density at radius 1 is 0.253 bits per heavy atom. The summed E-state index contributed by atoms with van der Waals surface area (Å²) in [5.41, 5.74) is 0. The van der Waals surface area contributed by atoms with Crippen LogP contribution in [0.4, 0.5) is 0 Å². The quantitative estimate of drug-likeness (QED) is 0.0261. The van der Waals surface area contributed by atoms with Gasteiger partial charge in [0.15, 0.2) is 6.10 Å². The molecule has 0 fully saturated rings. The van der Waals surface area contributed by atoms with Crippen molar-refractivity contribution >= 4 is 17.9 Å². The molecular formula is C77H134O6. The largest absolute Gasteiger partial charge is 0.462 e. The fraction of sp³-hybridized carbons (Fsp3) is 0.753. The summed E-state index contributed by atoms with van der Waals surface area (Å²) in [5, 5.41) is 0. The number of rotatable bonds is 65. The van der Waals surface area contributed by atoms with E-state index in [-0.39, 0.29) is 31.1 Å². The maximum atomic E-state index is 13.0. The molecule has 1 atom stereocenters. The van der Waals surface area contributed by atoms with Crippen LogP contribution in [0.1, 0.15) is 355 Å². The van der Waals surface area contributed by atoms with E-state index in [1.807, 2.05) is 0 Å². The van der Waals surface area contributed by atoms with Gasteiger partial charge >= 0.3 is 17.9 Å². The Labute approximate surface area is 515 Å². The van der Waals surface area contributed by atoms with Gasteiger partial charge in [-0.1, -0.05) is 311 Å². The molecule has 0 aromatic heterocycles. The van der Waals surface area contributed by atoms with Crippen LogP contribution in [0.2, 0.25) is 0 Å². The lowest BCUT2D eigenvalue weighted by Crippen LogP contribution is -2.30. The molecule has 478 valence electrons. The van der Waals surface area contributed by atoms with E-state index in [0.29, 0.717) is 19.3 Å². The number of ether oxygens (including phenoxy) is 3. The second-order valence-corrected chi connectivity index (χ2v) is 23.8. The van der Waals surface area contributed by atoms with Crippen molar-refractivity contribution in [2.24, 2.45) is 0 Å². The molecule has 0 aliphatic rings. The molecule has 0 spiro atoms. The van der Waals surface area contributed by atoms with Crippen LogP contribution in [0.5, 0.6) is 0 Å². The van der Waals surface area contributed by atoms with Gasteiger partial charge in [0.2, 0.25) is 0 Å². The first-order valence-corrected chi connectivity index (χ1v) is 35.7. The average Bonchev–Trinajstić information content (AvgIpc) is 3.49. The van der Waals surface area contributed by atoms with Crippen LogP contribution in [-0.2, 0) is 28.6 Å². The zero-order valence-corrected chi connectivity index (χ0v) is 54.9.